The van der Waals surface area contributed by atoms with Crippen LogP contribution in [0.15, 0.2) is 48.7 Å². The van der Waals surface area contributed by atoms with E-state index in [4.69, 9.17) is 0 Å². The molecular weight excluding hydrogens is 368 g/mol. The molecule has 1 saturated carbocycles. The number of hydrogen-bond acceptors (Lipinski definition) is 4. The van der Waals surface area contributed by atoms with Crippen molar-refractivity contribution in [2.45, 2.75) is 59.8 Å². The molecule has 0 N–H and O–H groups in total. The van der Waals surface area contributed by atoms with Crippen molar-refractivity contribution < 1.29 is 0 Å². The van der Waals surface area contributed by atoms with Crippen LogP contribution in [0.2, 0.25) is 0 Å². The molecule has 1 aliphatic carbocycles. The number of fused-ring (bicyclic) bond motifs is 1. The predicted molar refractivity (Wildman–Crippen MR) is 129 cm³/mol. The van der Waals surface area contributed by atoms with Gasteiger partial charge in [-0.3, -0.25) is 4.98 Å². The van der Waals surface area contributed by atoms with Crippen molar-refractivity contribution in [3.8, 4) is 0 Å². The Kier molecular flexibility index (Phi) is 9.72. The van der Waals surface area contributed by atoms with Crippen LogP contribution < -0.4 is 4.90 Å². The van der Waals surface area contributed by atoms with Gasteiger partial charge >= 0.3 is 0 Å². The second-order valence-corrected chi connectivity index (χ2v) is 8.55. The minimum atomic E-state index is 0.812. The molecule has 0 spiro atoms. The third kappa shape index (κ3) is 7.74. The maximum absolute atomic E-state index is 4.42. The highest BCUT2D eigenvalue weighted by atomic mass is 15.1. The summed E-state index contributed by atoms with van der Waals surface area (Å²) in [5.74, 6) is 3.83. The van der Waals surface area contributed by atoms with Crippen LogP contribution in [0.1, 0.15) is 58.0 Å². The first-order valence-corrected chi connectivity index (χ1v) is 11.2. The fraction of sp³-hybridized carbons (Fsp3) is 0.500. The molecule has 3 aromatic rings. The van der Waals surface area contributed by atoms with Gasteiger partial charge in [0.05, 0.1) is 5.52 Å². The number of rotatable bonds is 2. The summed E-state index contributed by atoms with van der Waals surface area (Å²) in [6.07, 6.45) is 8.74. The smallest absolute Gasteiger partial charge is 0.139 e. The van der Waals surface area contributed by atoms with Crippen LogP contribution in [0.5, 0.6) is 0 Å². The van der Waals surface area contributed by atoms with Gasteiger partial charge in [-0.2, -0.15) is 0 Å². The zero-order valence-corrected chi connectivity index (χ0v) is 19.6. The van der Waals surface area contributed by atoms with E-state index in [-0.39, 0.29) is 0 Å². The normalized spacial score (nSPS) is 17.9. The van der Waals surface area contributed by atoms with E-state index in [1.165, 1.54) is 25.7 Å². The lowest BCUT2D eigenvalue weighted by molar-refractivity contribution is 0.308. The zero-order valence-electron chi connectivity index (χ0n) is 19.6. The Bertz CT molecular complexity index is 859. The second-order valence-electron chi connectivity index (χ2n) is 8.55. The molecule has 1 fully saturated rings. The van der Waals surface area contributed by atoms with Gasteiger partial charge in [0.1, 0.15) is 11.6 Å². The summed E-state index contributed by atoms with van der Waals surface area (Å²) in [7, 11) is 3.99. The molecule has 0 aliphatic heterocycles. The average molecular weight is 407 g/mol. The third-order valence-electron chi connectivity index (χ3n) is 5.51. The van der Waals surface area contributed by atoms with Crippen molar-refractivity contribution in [1.82, 2.24) is 15.0 Å². The molecular formula is C26H38N4. The SMILES string of the molecule is CC1CCC(C)CC1.CCc1ccccn1.Cc1nc(N(C)C)c2ccccc2n1. The molecule has 1 aromatic carbocycles. The van der Waals surface area contributed by atoms with Crippen LogP contribution in [0.4, 0.5) is 5.82 Å². The molecule has 1 aliphatic rings. The Morgan fingerprint density at radius 1 is 0.867 bits per heavy atom. The van der Waals surface area contributed by atoms with E-state index in [2.05, 4.69) is 35.7 Å². The standard InChI is InChI=1S/C11H13N3.C8H16.C7H9N/c1-8-12-10-7-5-4-6-9(10)11(13-8)14(2)3;1-7-3-5-8(2)6-4-7;1-2-7-5-3-4-6-8-7/h4-7H,1-3H3;7-8H,3-6H2,1-2H3;3-6H,2H2,1H3. The Morgan fingerprint density at radius 3 is 1.97 bits per heavy atom. The summed E-state index contributed by atoms with van der Waals surface area (Å²) in [6.45, 7) is 8.75. The minimum Gasteiger partial charge on any atom is -0.362 e. The maximum atomic E-state index is 4.42. The Hall–Kier alpha value is -2.49. The Balaban J connectivity index is 0.000000172. The summed E-state index contributed by atoms with van der Waals surface area (Å²) < 4.78 is 0. The third-order valence-corrected chi connectivity index (χ3v) is 5.51. The number of pyridine rings is 1. The summed E-state index contributed by atoms with van der Waals surface area (Å²) >= 11 is 0. The van der Waals surface area contributed by atoms with Gasteiger partial charge in [-0.25, -0.2) is 9.97 Å². The van der Waals surface area contributed by atoms with Gasteiger partial charge in [0.15, 0.2) is 0 Å². The first-order valence-electron chi connectivity index (χ1n) is 11.2. The summed E-state index contributed by atoms with van der Waals surface area (Å²) in [5.41, 5.74) is 2.16. The van der Waals surface area contributed by atoms with Crippen LogP contribution >= 0.6 is 0 Å². The number of hydrogen-bond donors (Lipinski definition) is 0. The first kappa shape index (κ1) is 23.8. The van der Waals surface area contributed by atoms with E-state index in [0.29, 0.717) is 0 Å². The number of anilines is 1. The largest absolute Gasteiger partial charge is 0.362 e. The number of aryl methyl sites for hydroxylation is 2. The summed E-state index contributed by atoms with van der Waals surface area (Å²) in [4.78, 5) is 14.9. The molecule has 162 valence electrons. The topological polar surface area (TPSA) is 41.9 Å². The van der Waals surface area contributed by atoms with E-state index >= 15 is 0 Å². The Labute approximate surface area is 182 Å². The first-order chi connectivity index (χ1) is 14.4. The van der Waals surface area contributed by atoms with Crippen LogP contribution in [-0.4, -0.2) is 29.0 Å². The molecule has 4 nitrogen and oxygen atoms in total. The van der Waals surface area contributed by atoms with Crippen LogP contribution in [0.25, 0.3) is 10.9 Å². The maximum Gasteiger partial charge on any atom is 0.139 e. The van der Waals surface area contributed by atoms with Gasteiger partial charge in [0.2, 0.25) is 0 Å². The summed E-state index contributed by atoms with van der Waals surface area (Å²) in [6, 6.07) is 14.0. The predicted octanol–water partition coefficient (Wildman–Crippen LogP) is 6.48. The van der Waals surface area contributed by atoms with Crippen molar-refractivity contribution in [3.05, 3.63) is 60.2 Å². The van der Waals surface area contributed by atoms with Crippen molar-refractivity contribution in [3.63, 3.8) is 0 Å². The molecule has 0 saturated heterocycles. The molecule has 0 atom stereocenters. The number of benzene rings is 1. The molecule has 2 heterocycles. The van der Waals surface area contributed by atoms with Gasteiger partial charge < -0.3 is 4.90 Å². The molecule has 0 unspecified atom stereocenters. The highest BCUT2D eigenvalue weighted by Crippen LogP contribution is 2.27. The van der Waals surface area contributed by atoms with E-state index in [0.717, 1.165) is 46.5 Å². The number of para-hydroxylation sites is 1. The van der Waals surface area contributed by atoms with Gasteiger partial charge in [-0.1, -0.05) is 64.7 Å². The quantitative estimate of drug-likeness (QED) is 0.488. The van der Waals surface area contributed by atoms with Gasteiger partial charge in [0.25, 0.3) is 0 Å². The lowest BCUT2D eigenvalue weighted by Crippen LogP contribution is -2.12. The van der Waals surface area contributed by atoms with E-state index in [9.17, 15) is 0 Å². The van der Waals surface area contributed by atoms with E-state index in [1.54, 1.807) is 0 Å². The van der Waals surface area contributed by atoms with E-state index in [1.807, 2.05) is 74.6 Å². The van der Waals surface area contributed by atoms with Crippen LogP contribution in [0, 0.1) is 18.8 Å². The molecule has 2 aromatic heterocycles. The molecule has 0 bridgehead atoms. The molecule has 4 heteroatoms. The molecule has 0 amide bonds. The van der Waals surface area contributed by atoms with Crippen molar-refractivity contribution in [1.29, 1.82) is 0 Å². The highest BCUT2D eigenvalue weighted by Gasteiger charge is 2.13. The van der Waals surface area contributed by atoms with Gasteiger partial charge in [-0.05, 0) is 49.4 Å². The van der Waals surface area contributed by atoms with Crippen LogP contribution in [-0.2, 0) is 6.42 Å². The van der Waals surface area contributed by atoms with Gasteiger partial charge in [-0.15, -0.1) is 0 Å². The van der Waals surface area contributed by atoms with Crippen molar-refractivity contribution >= 4 is 16.7 Å². The highest BCUT2D eigenvalue weighted by molar-refractivity contribution is 5.89. The molecule has 30 heavy (non-hydrogen) atoms. The molecule has 0 radical (unpaired) electrons. The Morgan fingerprint density at radius 2 is 1.47 bits per heavy atom. The van der Waals surface area contributed by atoms with E-state index < -0.39 is 0 Å². The average Bonchev–Trinajstić information content (AvgIpc) is 2.76. The minimum absolute atomic E-state index is 0.812. The van der Waals surface area contributed by atoms with Crippen LogP contribution in [0.3, 0.4) is 0 Å². The fourth-order valence-corrected chi connectivity index (χ4v) is 3.55. The zero-order chi connectivity index (χ0) is 21.9. The van der Waals surface area contributed by atoms with Crippen molar-refractivity contribution in [2.24, 2.45) is 11.8 Å². The van der Waals surface area contributed by atoms with Crippen molar-refractivity contribution in [2.75, 3.05) is 19.0 Å². The summed E-state index contributed by atoms with van der Waals surface area (Å²) in [5, 5.41) is 1.10. The second kappa shape index (κ2) is 12.3. The fourth-order valence-electron chi connectivity index (χ4n) is 3.55. The van der Waals surface area contributed by atoms with Gasteiger partial charge in [0, 0.05) is 31.4 Å². The molecule has 4 rings (SSSR count). The lowest BCUT2D eigenvalue weighted by atomic mass is 9.84. The number of nitrogens with zero attached hydrogens (tertiary/aromatic N) is 4. The number of aromatic nitrogens is 3. The monoisotopic (exact) mass is 406 g/mol. The lowest BCUT2D eigenvalue weighted by Gasteiger charge is -2.22.